The van der Waals surface area contributed by atoms with Gasteiger partial charge in [-0.25, -0.2) is 18.5 Å². The number of aliphatic imine (C=N–C) groups is 1. The Labute approximate surface area is 165 Å². The Bertz CT molecular complexity index is 698. The van der Waals surface area contributed by atoms with Crippen molar-refractivity contribution in [2.24, 2.45) is 15.5 Å². The van der Waals surface area contributed by atoms with Gasteiger partial charge in [0, 0.05) is 24.5 Å². The van der Waals surface area contributed by atoms with Gasteiger partial charge in [0.1, 0.15) is 4.21 Å². The predicted molar refractivity (Wildman–Crippen MR) is 108 cm³/mol. The summed E-state index contributed by atoms with van der Waals surface area (Å²) in [5.74, 6) is 0.932. The lowest BCUT2D eigenvalue weighted by Gasteiger charge is -2.38. The number of likely N-dealkylation sites (tertiary alicyclic amines) is 1. The Morgan fingerprint density at radius 1 is 1.42 bits per heavy atom. The third kappa shape index (κ3) is 4.41. The summed E-state index contributed by atoms with van der Waals surface area (Å²) >= 11 is 1.19. The molecule has 2 heterocycles. The summed E-state index contributed by atoms with van der Waals surface area (Å²) < 4.78 is 22.9. The first kappa shape index (κ1) is 19.9. The molecule has 136 valence electrons. The molecular weight excluding hydrogens is 459 g/mol. The highest BCUT2D eigenvalue weighted by Crippen LogP contribution is 2.47. The van der Waals surface area contributed by atoms with Gasteiger partial charge in [0.25, 0.3) is 0 Å². The van der Waals surface area contributed by atoms with Crippen LogP contribution in [0.3, 0.4) is 0 Å². The van der Waals surface area contributed by atoms with E-state index >= 15 is 0 Å². The van der Waals surface area contributed by atoms with E-state index in [1.165, 1.54) is 37.0 Å². The number of primary sulfonamides is 1. The first-order chi connectivity index (χ1) is 10.9. The van der Waals surface area contributed by atoms with Crippen molar-refractivity contribution in [2.75, 3.05) is 19.6 Å². The molecule has 0 radical (unpaired) electrons. The fourth-order valence-corrected chi connectivity index (χ4v) is 5.08. The van der Waals surface area contributed by atoms with Crippen LogP contribution in [0.25, 0.3) is 0 Å². The zero-order chi connectivity index (χ0) is 16.5. The number of halogens is 1. The molecule has 0 bridgehead atoms. The van der Waals surface area contributed by atoms with E-state index < -0.39 is 10.0 Å². The molecule has 0 aromatic carbocycles. The number of guanidine groups is 1. The Balaban J connectivity index is 0.00000208. The van der Waals surface area contributed by atoms with Gasteiger partial charge in [-0.05, 0) is 43.7 Å². The van der Waals surface area contributed by atoms with Crippen LogP contribution >= 0.6 is 35.3 Å². The lowest BCUT2D eigenvalue weighted by atomic mass is 9.68. The Kier molecular flexibility index (Phi) is 6.54. The summed E-state index contributed by atoms with van der Waals surface area (Å²) in [4.78, 5) is 7.94. The van der Waals surface area contributed by atoms with Crippen molar-refractivity contribution in [3.8, 4) is 0 Å². The third-order valence-electron chi connectivity index (χ3n) is 4.79. The highest BCUT2D eigenvalue weighted by atomic mass is 127. The minimum Gasteiger partial charge on any atom is -0.357 e. The molecule has 9 heteroatoms. The average molecular weight is 484 g/mol. The maximum absolute atomic E-state index is 11.3. The number of thiophene rings is 1. The van der Waals surface area contributed by atoms with Crippen molar-refractivity contribution in [3.63, 3.8) is 0 Å². The Morgan fingerprint density at radius 3 is 2.67 bits per heavy atom. The largest absolute Gasteiger partial charge is 0.357 e. The van der Waals surface area contributed by atoms with E-state index in [-0.39, 0.29) is 28.2 Å². The summed E-state index contributed by atoms with van der Waals surface area (Å²) in [5, 5.41) is 8.51. The molecule has 1 saturated heterocycles. The quantitative estimate of drug-likeness (QED) is 0.390. The molecule has 1 aromatic heterocycles. The smallest absolute Gasteiger partial charge is 0.247 e. The maximum Gasteiger partial charge on any atom is 0.247 e. The van der Waals surface area contributed by atoms with E-state index in [4.69, 9.17) is 10.1 Å². The zero-order valence-corrected chi connectivity index (χ0v) is 17.8. The molecule has 2 aliphatic rings. The Morgan fingerprint density at radius 2 is 2.17 bits per heavy atom. The standard InChI is InChI=1S/C15H24N4O2S2.HI/c1-2-17-14(19-9-8-15(11-19)6-3-7-15)18-10-12-4-5-13(22-12)23(16,20)21;/h4-5H,2-3,6-11H2,1H3,(H,17,18)(H2,16,20,21);1H. The van der Waals surface area contributed by atoms with Crippen LogP contribution < -0.4 is 10.5 Å². The molecule has 2 fully saturated rings. The number of sulfonamides is 1. The molecular formula is C15H25IN4O2S2. The Hall–Kier alpha value is -0.390. The van der Waals surface area contributed by atoms with E-state index in [0.29, 0.717) is 12.0 Å². The first-order valence-corrected chi connectivity index (χ1v) is 10.4. The monoisotopic (exact) mass is 484 g/mol. The molecule has 0 amide bonds. The second-order valence-electron chi connectivity index (χ2n) is 6.46. The van der Waals surface area contributed by atoms with E-state index in [0.717, 1.165) is 30.5 Å². The van der Waals surface area contributed by atoms with Crippen LogP contribution in [0.1, 0.15) is 37.5 Å². The van der Waals surface area contributed by atoms with E-state index in [9.17, 15) is 8.42 Å². The van der Waals surface area contributed by atoms with E-state index in [2.05, 4.69) is 17.1 Å². The fourth-order valence-electron chi connectivity index (χ4n) is 3.38. The molecule has 1 aliphatic heterocycles. The molecule has 1 spiro atoms. The van der Waals surface area contributed by atoms with Crippen molar-refractivity contribution in [1.29, 1.82) is 0 Å². The molecule has 0 unspecified atom stereocenters. The minimum absolute atomic E-state index is 0. The van der Waals surface area contributed by atoms with Gasteiger partial charge in [0.15, 0.2) is 5.96 Å². The molecule has 3 N–H and O–H groups in total. The van der Waals surface area contributed by atoms with Crippen LogP contribution in [0.4, 0.5) is 0 Å². The summed E-state index contributed by atoms with van der Waals surface area (Å²) in [7, 11) is -3.61. The van der Waals surface area contributed by atoms with Gasteiger partial charge in [-0.2, -0.15) is 0 Å². The second-order valence-corrected chi connectivity index (χ2v) is 9.42. The van der Waals surface area contributed by atoms with Gasteiger partial charge >= 0.3 is 0 Å². The lowest BCUT2D eigenvalue weighted by molar-refractivity contribution is 0.151. The van der Waals surface area contributed by atoms with Crippen LogP contribution in [-0.4, -0.2) is 38.9 Å². The number of nitrogens with one attached hydrogen (secondary N) is 1. The third-order valence-corrected chi connectivity index (χ3v) is 7.30. The van der Waals surface area contributed by atoms with Gasteiger partial charge in [0.05, 0.1) is 6.54 Å². The van der Waals surface area contributed by atoms with Crippen LogP contribution in [0.5, 0.6) is 0 Å². The molecule has 3 rings (SSSR count). The number of nitrogens with two attached hydrogens (primary N) is 1. The first-order valence-electron chi connectivity index (χ1n) is 8.07. The molecule has 1 aliphatic carbocycles. The minimum atomic E-state index is -3.61. The summed E-state index contributed by atoms with van der Waals surface area (Å²) in [6.07, 6.45) is 5.29. The molecule has 6 nitrogen and oxygen atoms in total. The average Bonchev–Trinajstić information content (AvgIpc) is 3.09. The fraction of sp³-hybridized carbons (Fsp3) is 0.667. The van der Waals surface area contributed by atoms with Crippen molar-refractivity contribution in [1.82, 2.24) is 10.2 Å². The van der Waals surface area contributed by atoms with Gasteiger partial charge in [-0.15, -0.1) is 35.3 Å². The zero-order valence-electron chi connectivity index (χ0n) is 13.8. The van der Waals surface area contributed by atoms with Gasteiger partial charge in [-0.1, -0.05) is 6.42 Å². The summed E-state index contributed by atoms with van der Waals surface area (Å²) in [6.45, 7) is 5.51. The highest BCUT2D eigenvalue weighted by Gasteiger charge is 2.43. The number of nitrogens with zero attached hydrogens (tertiary/aromatic N) is 2. The van der Waals surface area contributed by atoms with Crippen molar-refractivity contribution < 1.29 is 8.42 Å². The van der Waals surface area contributed by atoms with Crippen molar-refractivity contribution >= 4 is 51.3 Å². The number of hydrogen-bond acceptors (Lipinski definition) is 4. The normalized spacial score (nSPS) is 19.9. The van der Waals surface area contributed by atoms with Crippen LogP contribution in [0, 0.1) is 5.41 Å². The molecule has 24 heavy (non-hydrogen) atoms. The van der Waals surface area contributed by atoms with Crippen LogP contribution in [0.2, 0.25) is 0 Å². The van der Waals surface area contributed by atoms with Crippen LogP contribution in [-0.2, 0) is 16.6 Å². The van der Waals surface area contributed by atoms with E-state index in [1.54, 1.807) is 12.1 Å². The molecule has 0 atom stereocenters. The SMILES string of the molecule is CCNC(=NCc1ccc(S(N)(=O)=O)s1)N1CCC2(CCC2)C1.I. The van der Waals surface area contributed by atoms with Gasteiger partial charge in [0.2, 0.25) is 10.0 Å². The highest BCUT2D eigenvalue weighted by molar-refractivity contribution is 14.0. The molecule has 1 aromatic rings. The number of rotatable bonds is 4. The van der Waals surface area contributed by atoms with Crippen LogP contribution in [0.15, 0.2) is 21.3 Å². The van der Waals surface area contributed by atoms with Gasteiger partial charge < -0.3 is 10.2 Å². The topological polar surface area (TPSA) is 87.8 Å². The van der Waals surface area contributed by atoms with Gasteiger partial charge in [-0.3, -0.25) is 0 Å². The summed E-state index contributed by atoms with van der Waals surface area (Å²) in [5.41, 5.74) is 0.528. The van der Waals surface area contributed by atoms with E-state index in [1.807, 2.05) is 0 Å². The van der Waals surface area contributed by atoms with Crippen molar-refractivity contribution in [2.45, 2.75) is 43.4 Å². The predicted octanol–water partition coefficient (Wildman–Crippen LogP) is 2.36. The number of hydrogen-bond donors (Lipinski definition) is 2. The summed E-state index contributed by atoms with van der Waals surface area (Å²) in [6, 6.07) is 3.34. The lowest BCUT2D eigenvalue weighted by Crippen LogP contribution is -2.42. The maximum atomic E-state index is 11.3. The second kappa shape index (κ2) is 7.88. The molecule has 1 saturated carbocycles. The van der Waals surface area contributed by atoms with Crippen molar-refractivity contribution in [3.05, 3.63) is 17.0 Å².